The predicted octanol–water partition coefficient (Wildman–Crippen LogP) is 0.909. The number of hydrogen-bond donors (Lipinski definition) is 1. The second kappa shape index (κ2) is 5.75. The van der Waals surface area contributed by atoms with E-state index < -0.39 is 5.41 Å². The second-order valence-electron chi connectivity index (χ2n) is 5.74. The number of piperazine rings is 1. The van der Waals surface area contributed by atoms with Crippen molar-refractivity contribution in [2.75, 3.05) is 32.7 Å². The van der Waals surface area contributed by atoms with Crippen molar-refractivity contribution in [3.8, 4) is 0 Å². The molecule has 1 aliphatic rings. The Hall–Kier alpha value is -1.33. The molecule has 19 heavy (non-hydrogen) atoms. The number of nitrogens with zero attached hydrogens (tertiary/aromatic N) is 2. The first kappa shape index (κ1) is 14.1. The monoisotopic (exact) mass is 265 g/mol. The van der Waals surface area contributed by atoms with E-state index in [0.29, 0.717) is 6.54 Å². The van der Waals surface area contributed by atoms with Crippen LogP contribution in [0.3, 0.4) is 0 Å². The van der Waals surface area contributed by atoms with Gasteiger partial charge in [0.15, 0.2) is 0 Å². The number of carbonyl (C=O) groups excluding carboxylic acids is 1. The van der Waals surface area contributed by atoms with Crippen molar-refractivity contribution in [1.82, 2.24) is 9.80 Å². The summed E-state index contributed by atoms with van der Waals surface area (Å²) in [4.78, 5) is 16.5. The van der Waals surface area contributed by atoms with Gasteiger partial charge in [-0.05, 0) is 26.0 Å². The van der Waals surface area contributed by atoms with E-state index >= 15 is 0 Å². The SMILES string of the molecule is CC(C)(CN)C(=O)N1CCN(Cc2ccco2)CC1. The first-order chi connectivity index (χ1) is 9.03. The summed E-state index contributed by atoms with van der Waals surface area (Å²) in [7, 11) is 0. The lowest BCUT2D eigenvalue weighted by molar-refractivity contribution is -0.141. The summed E-state index contributed by atoms with van der Waals surface area (Å²) in [6.45, 7) is 8.31. The van der Waals surface area contributed by atoms with Gasteiger partial charge >= 0.3 is 0 Å². The molecule has 0 aliphatic carbocycles. The summed E-state index contributed by atoms with van der Waals surface area (Å²) in [5, 5.41) is 0. The topological polar surface area (TPSA) is 62.7 Å². The lowest BCUT2D eigenvalue weighted by Crippen LogP contribution is -2.53. The van der Waals surface area contributed by atoms with E-state index in [0.717, 1.165) is 38.5 Å². The summed E-state index contributed by atoms with van der Waals surface area (Å²) in [6, 6.07) is 3.88. The van der Waals surface area contributed by atoms with Crippen molar-refractivity contribution in [2.45, 2.75) is 20.4 Å². The van der Waals surface area contributed by atoms with Gasteiger partial charge in [0.05, 0.1) is 18.2 Å². The number of nitrogens with two attached hydrogens (primary N) is 1. The molecule has 0 bridgehead atoms. The molecule has 5 nitrogen and oxygen atoms in total. The van der Waals surface area contributed by atoms with E-state index in [1.807, 2.05) is 30.9 Å². The third-order valence-electron chi connectivity index (χ3n) is 3.71. The molecular formula is C14H23N3O2. The van der Waals surface area contributed by atoms with Crippen LogP contribution >= 0.6 is 0 Å². The summed E-state index contributed by atoms with van der Waals surface area (Å²) in [5.74, 6) is 1.13. The van der Waals surface area contributed by atoms with Gasteiger partial charge in [0.2, 0.25) is 5.91 Å². The molecule has 5 heteroatoms. The molecule has 2 heterocycles. The van der Waals surface area contributed by atoms with Gasteiger partial charge in [-0.2, -0.15) is 0 Å². The van der Waals surface area contributed by atoms with Gasteiger partial charge in [-0.1, -0.05) is 0 Å². The van der Waals surface area contributed by atoms with Crippen LogP contribution < -0.4 is 5.73 Å². The maximum atomic E-state index is 12.3. The fourth-order valence-electron chi connectivity index (χ4n) is 2.25. The molecule has 1 amide bonds. The first-order valence-electron chi connectivity index (χ1n) is 6.77. The van der Waals surface area contributed by atoms with Crippen molar-refractivity contribution in [3.63, 3.8) is 0 Å². The van der Waals surface area contributed by atoms with Gasteiger partial charge in [0, 0.05) is 32.7 Å². The van der Waals surface area contributed by atoms with Crippen LogP contribution in [-0.2, 0) is 11.3 Å². The Kier molecular flexibility index (Phi) is 4.27. The van der Waals surface area contributed by atoms with Crippen molar-refractivity contribution in [2.24, 2.45) is 11.1 Å². The average molecular weight is 265 g/mol. The third kappa shape index (κ3) is 3.36. The Morgan fingerprint density at radius 2 is 2.05 bits per heavy atom. The molecule has 0 saturated carbocycles. The Labute approximate surface area is 114 Å². The molecule has 0 atom stereocenters. The molecule has 1 saturated heterocycles. The van der Waals surface area contributed by atoms with Crippen LogP contribution in [0.25, 0.3) is 0 Å². The summed E-state index contributed by atoms with van der Waals surface area (Å²) >= 11 is 0. The van der Waals surface area contributed by atoms with Crippen LogP contribution in [0.15, 0.2) is 22.8 Å². The second-order valence-corrected chi connectivity index (χ2v) is 5.74. The quantitative estimate of drug-likeness (QED) is 0.879. The van der Waals surface area contributed by atoms with Gasteiger partial charge < -0.3 is 15.1 Å². The number of amides is 1. The zero-order chi connectivity index (χ0) is 13.9. The molecule has 1 fully saturated rings. The van der Waals surface area contributed by atoms with Gasteiger partial charge in [0.1, 0.15) is 5.76 Å². The molecule has 0 unspecified atom stereocenters. The minimum atomic E-state index is -0.455. The molecule has 1 aromatic heterocycles. The Balaban J connectivity index is 1.84. The van der Waals surface area contributed by atoms with E-state index in [1.54, 1.807) is 6.26 Å². The van der Waals surface area contributed by atoms with Crippen molar-refractivity contribution < 1.29 is 9.21 Å². The largest absolute Gasteiger partial charge is 0.468 e. The zero-order valence-corrected chi connectivity index (χ0v) is 11.8. The predicted molar refractivity (Wildman–Crippen MR) is 73.4 cm³/mol. The first-order valence-corrected chi connectivity index (χ1v) is 6.77. The van der Waals surface area contributed by atoms with Crippen LogP contribution in [0.1, 0.15) is 19.6 Å². The van der Waals surface area contributed by atoms with E-state index in [9.17, 15) is 4.79 Å². The number of carbonyl (C=O) groups is 1. The van der Waals surface area contributed by atoms with Crippen LogP contribution in [0.4, 0.5) is 0 Å². The van der Waals surface area contributed by atoms with E-state index in [1.165, 1.54) is 0 Å². The van der Waals surface area contributed by atoms with E-state index in [2.05, 4.69) is 4.90 Å². The van der Waals surface area contributed by atoms with E-state index in [-0.39, 0.29) is 5.91 Å². The third-order valence-corrected chi connectivity index (χ3v) is 3.71. The van der Waals surface area contributed by atoms with Gasteiger partial charge in [-0.25, -0.2) is 0 Å². The molecule has 1 aliphatic heterocycles. The van der Waals surface area contributed by atoms with Gasteiger partial charge in [-0.15, -0.1) is 0 Å². The highest BCUT2D eigenvalue weighted by molar-refractivity contribution is 5.82. The Morgan fingerprint density at radius 1 is 1.37 bits per heavy atom. The number of hydrogen-bond acceptors (Lipinski definition) is 4. The molecule has 2 rings (SSSR count). The van der Waals surface area contributed by atoms with Gasteiger partial charge in [0.25, 0.3) is 0 Å². The molecule has 106 valence electrons. The summed E-state index contributed by atoms with van der Waals surface area (Å²) in [6.07, 6.45) is 1.69. The molecule has 2 N–H and O–H groups in total. The van der Waals surface area contributed by atoms with Crippen molar-refractivity contribution in [3.05, 3.63) is 24.2 Å². The fourth-order valence-corrected chi connectivity index (χ4v) is 2.25. The zero-order valence-electron chi connectivity index (χ0n) is 11.8. The normalized spacial score (nSPS) is 17.7. The molecule has 0 radical (unpaired) electrons. The highest BCUT2D eigenvalue weighted by atomic mass is 16.3. The molecule has 1 aromatic rings. The fraction of sp³-hybridized carbons (Fsp3) is 0.643. The van der Waals surface area contributed by atoms with Crippen LogP contribution in [0.2, 0.25) is 0 Å². The summed E-state index contributed by atoms with van der Waals surface area (Å²) < 4.78 is 5.34. The average Bonchev–Trinajstić information content (AvgIpc) is 2.91. The summed E-state index contributed by atoms with van der Waals surface area (Å²) in [5.41, 5.74) is 5.21. The lowest BCUT2D eigenvalue weighted by atomic mass is 9.91. The van der Waals surface area contributed by atoms with Crippen LogP contribution in [0, 0.1) is 5.41 Å². The van der Waals surface area contributed by atoms with Crippen molar-refractivity contribution >= 4 is 5.91 Å². The van der Waals surface area contributed by atoms with Crippen LogP contribution in [0.5, 0.6) is 0 Å². The standard InChI is InChI=1S/C14H23N3O2/c1-14(2,11-15)13(18)17-7-5-16(6-8-17)10-12-4-3-9-19-12/h3-4,9H,5-8,10-11,15H2,1-2H3. The highest BCUT2D eigenvalue weighted by Crippen LogP contribution is 2.19. The lowest BCUT2D eigenvalue weighted by Gasteiger charge is -2.38. The van der Waals surface area contributed by atoms with Crippen LogP contribution in [-0.4, -0.2) is 48.4 Å². The smallest absolute Gasteiger partial charge is 0.229 e. The molecule has 0 spiro atoms. The minimum absolute atomic E-state index is 0.160. The van der Waals surface area contributed by atoms with E-state index in [4.69, 9.17) is 10.2 Å². The number of furan rings is 1. The maximum absolute atomic E-state index is 12.3. The molecular weight excluding hydrogens is 242 g/mol. The van der Waals surface area contributed by atoms with Crippen molar-refractivity contribution in [1.29, 1.82) is 0 Å². The highest BCUT2D eigenvalue weighted by Gasteiger charge is 2.32. The Morgan fingerprint density at radius 3 is 2.58 bits per heavy atom. The molecule has 0 aromatic carbocycles. The van der Waals surface area contributed by atoms with Gasteiger partial charge in [-0.3, -0.25) is 9.69 Å². The number of rotatable bonds is 4. The maximum Gasteiger partial charge on any atom is 0.229 e. The minimum Gasteiger partial charge on any atom is -0.468 e. The Bertz CT molecular complexity index is 406.